The van der Waals surface area contributed by atoms with Gasteiger partial charge in [0.2, 0.25) is 0 Å². The third-order valence-electron chi connectivity index (χ3n) is 3.26. The monoisotopic (exact) mass is 237 g/mol. The molecule has 0 atom stereocenters. The highest BCUT2D eigenvalue weighted by Gasteiger charge is 2.21. The van der Waals surface area contributed by atoms with Crippen LogP contribution in [0.1, 0.15) is 30.4 Å². The molecule has 0 aliphatic carbocycles. The summed E-state index contributed by atoms with van der Waals surface area (Å²) in [4.78, 5) is 0. The molecule has 1 rings (SSSR count). The quantitative estimate of drug-likeness (QED) is 0.628. The van der Waals surface area contributed by atoms with Gasteiger partial charge in [-0.3, -0.25) is 0 Å². The summed E-state index contributed by atoms with van der Waals surface area (Å²) < 4.78 is 0. The molecule has 4 N–H and O–H groups in total. The molecule has 0 fully saturated rings. The number of aryl methyl sites for hydroxylation is 2. The molecule has 0 radical (unpaired) electrons. The summed E-state index contributed by atoms with van der Waals surface area (Å²) >= 11 is 0. The molecule has 96 valence electrons. The van der Waals surface area contributed by atoms with Crippen molar-refractivity contribution in [1.82, 2.24) is 0 Å². The van der Waals surface area contributed by atoms with Gasteiger partial charge >= 0.3 is 0 Å². The molecule has 0 saturated carbocycles. The van der Waals surface area contributed by atoms with E-state index in [1.54, 1.807) is 0 Å². The molecule has 0 heterocycles. The van der Waals surface area contributed by atoms with Gasteiger partial charge in [-0.2, -0.15) is 0 Å². The first kappa shape index (κ1) is 14.2. The van der Waals surface area contributed by atoms with Crippen molar-refractivity contribution in [1.29, 1.82) is 0 Å². The zero-order valence-corrected chi connectivity index (χ0v) is 10.5. The fourth-order valence-corrected chi connectivity index (χ4v) is 1.89. The Labute approximate surface area is 103 Å². The van der Waals surface area contributed by atoms with E-state index < -0.39 is 5.54 Å². The maximum absolute atomic E-state index is 9.06. The van der Waals surface area contributed by atoms with Crippen LogP contribution in [0, 0.1) is 6.92 Å². The normalized spacial score (nSPS) is 11.8. The van der Waals surface area contributed by atoms with Crippen molar-refractivity contribution in [2.75, 3.05) is 13.2 Å². The summed E-state index contributed by atoms with van der Waals surface area (Å²) in [6.45, 7) is 1.80. The highest BCUT2D eigenvalue weighted by molar-refractivity contribution is 5.25. The minimum atomic E-state index is -0.814. The van der Waals surface area contributed by atoms with Crippen LogP contribution in [0.4, 0.5) is 0 Å². The van der Waals surface area contributed by atoms with Crippen LogP contribution in [0.25, 0.3) is 0 Å². The van der Waals surface area contributed by atoms with Gasteiger partial charge in [-0.1, -0.05) is 30.7 Å². The van der Waals surface area contributed by atoms with Gasteiger partial charge in [0.15, 0.2) is 0 Å². The van der Waals surface area contributed by atoms with E-state index in [0.717, 1.165) is 19.3 Å². The number of rotatable bonds is 7. The predicted octanol–water partition coefficient (Wildman–Crippen LogP) is 1.39. The maximum atomic E-state index is 9.06. The van der Waals surface area contributed by atoms with Gasteiger partial charge in [-0.05, 0) is 37.3 Å². The van der Waals surface area contributed by atoms with Gasteiger partial charge in [0.1, 0.15) is 0 Å². The lowest BCUT2D eigenvalue weighted by Gasteiger charge is -2.24. The van der Waals surface area contributed by atoms with Crippen LogP contribution in [0.3, 0.4) is 0 Å². The third-order valence-corrected chi connectivity index (χ3v) is 3.26. The first-order valence-electron chi connectivity index (χ1n) is 6.16. The van der Waals surface area contributed by atoms with Gasteiger partial charge in [0.05, 0.1) is 18.8 Å². The Bertz CT molecular complexity index is 335. The molecule has 0 saturated heterocycles. The highest BCUT2D eigenvalue weighted by Crippen LogP contribution is 2.15. The summed E-state index contributed by atoms with van der Waals surface area (Å²) in [6, 6.07) is 8.35. The lowest BCUT2D eigenvalue weighted by Crippen LogP contribution is -2.47. The van der Waals surface area contributed by atoms with Crippen LogP contribution in [0.2, 0.25) is 0 Å². The van der Waals surface area contributed by atoms with E-state index in [4.69, 9.17) is 15.9 Å². The second kappa shape index (κ2) is 6.74. The maximum Gasteiger partial charge on any atom is 0.0633 e. The summed E-state index contributed by atoms with van der Waals surface area (Å²) in [7, 11) is 0. The molecule has 0 aliphatic rings. The van der Waals surface area contributed by atoms with Crippen molar-refractivity contribution < 1.29 is 10.2 Å². The van der Waals surface area contributed by atoms with Crippen LogP contribution < -0.4 is 5.73 Å². The predicted molar refractivity (Wildman–Crippen MR) is 69.8 cm³/mol. The van der Waals surface area contributed by atoms with Crippen LogP contribution >= 0.6 is 0 Å². The largest absolute Gasteiger partial charge is 0.394 e. The molecule has 0 aliphatic heterocycles. The first-order valence-corrected chi connectivity index (χ1v) is 6.16. The fourth-order valence-electron chi connectivity index (χ4n) is 1.89. The minimum absolute atomic E-state index is 0.159. The van der Waals surface area contributed by atoms with E-state index in [2.05, 4.69) is 25.1 Å². The molecule has 0 bridgehead atoms. The van der Waals surface area contributed by atoms with Crippen molar-refractivity contribution in [3.8, 4) is 0 Å². The van der Waals surface area contributed by atoms with Crippen molar-refractivity contribution in [3.63, 3.8) is 0 Å². The Balaban J connectivity index is 2.32. The van der Waals surface area contributed by atoms with Gasteiger partial charge in [-0.25, -0.2) is 0 Å². The average Bonchev–Trinajstić information content (AvgIpc) is 2.36. The summed E-state index contributed by atoms with van der Waals surface area (Å²) in [5.74, 6) is 0. The number of nitrogens with two attached hydrogens (primary N) is 1. The number of hydrogen-bond donors (Lipinski definition) is 3. The number of aliphatic hydroxyl groups excluding tert-OH is 2. The lowest BCUT2D eigenvalue weighted by molar-refractivity contribution is 0.112. The summed E-state index contributed by atoms with van der Waals surface area (Å²) in [5.41, 5.74) is 7.67. The second-order valence-electron chi connectivity index (χ2n) is 4.81. The number of aliphatic hydroxyl groups is 2. The van der Waals surface area contributed by atoms with E-state index >= 15 is 0 Å². The van der Waals surface area contributed by atoms with Crippen LogP contribution in [-0.4, -0.2) is 29.0 Å². The smallest absolute Gasteiger partial charge is 0.0633 e. The van der Waals surface area contributed by atoms with E-state index in [0.29, 0.717) is 6.42 Å². The van der Waals surface area contributed by atoms with Gasteiger partial charge in [0, 0.05) is 0 Å². The van der Waals surface area contributed by atoms with E-state index in [9.17, 15) is 0 Å². The third kappa shape index (κ3) is 4.46. The van der Waals surface area contributed by atoms with Gasteiger partial charge in [0.25, 0.3) is 0 Å². The summed E-state index contributed by atoms with van der Waals surface area (Å²) in [6.07, 6.45) is 3.64. The second-order valence-corrected chi connectivity index (χ2v) is 4.81. The molecule has 0 unspecified atom stereocenters. The Hall–Kier alpha value is -0.900. The Morgan fingerprint density at radius 3 is 2.35 bits per heavy atom. The number of unbranched alkanes of at least 4 members (excludes halogenated alkanes) is 1. The van der Waals surface area contributed by atoms with Gasteiger partial charge in [-0.15, -0.1) is 0 Å². The lowest BCUT2D eigenvalue weighted by atomic mass is 9.94. The SMILES string of the molecule is Cc1ccccc1CCCCC(N)(CO)CO. The number of hydrogen-bond acceptors (Lipinski definition) is 3. The molecule has 0 aromatic heterocycles. The highest BCUT2D eigenvalue weighted by atomic mass is 16.3. The van der Waals surface area contributed by atoms with Crippen LogP contribution in [-0.2, 0) is 6.42 Å². The standard InChI is InChI=1S/C14H23NO2/c1-12-6-2-3-7-13(12)8-4-5-9-14(15,10-16)11-17/h2-3,6-7,16-17H,4-5,8-11,15H2,1H3. The first-order chi connectivity index (χ1) is 8.11. The molecular weight excluding hydrogens is 214 g/mol. The van der Waals surface area contributed by atoms with Crippen LogP contribution in [0.5, 0.6) is 0 Å². The zero-order valence-electron chi connectivity index (χ0n) is 10.5. The molecule has 3 heteroatoms. The van der Waals surface area contributed by atoms with Crippen molar-refractivity contribution >= 4 is 0 Å². The molecule has 17 heavy (non-hydrogen) atoms. The number of benzene rings is 1. The molecule has 3 nitrogen and oxygen atoms in total. The van der Waals surface area contributed by atoms with Gasteiger partial charge < -0.3 is 15.9 Å². The van der Waals surface area contributed by atoms with Crippen molar-refractivity contribution in [2.45, 2.75) is 38.1 Å². The van der Waals surface area contributed by atoms with Crippen molar-refractivity contribution in [2.24, 2.45) is 5.73 Å². The minimum Gasteiger partial charge on any atom is -0.394 e. The Morgan fingerprint density at radius 1 is 1.12 bits per heavy atom. The topological polar surface area (TPSA) is 66.5 Å². The molecule has 1 aromatic rings. The van der Waals surface area contributed by atoms with E-state index in [1.807, 2.05) is 6.07 Å². The van der Waals surface area contributed by atoms with E-state index in [-0.39, 0.29) is 13.2 Å². The van der Waals surface area contributed by atoms with E-state index in [1.165, 1.54) is 11.1 Å². The fraction of sp³-hybridized carbons (Fsp3) is 0.571. The molecule has 1 aromatic carbocycles. The Morgan fingerprint density at radius 2 is 1.76 bits per heavy atom. The molecule has 0 amide bonds. The van der Waals surface area contributed by atoms with Crippen LogP contribution in [0.15, 0.2) is 24.3 Å². The Kier molecular flexibility index (Phi) is 5.62. The van der Waals surface area contributed by atoms with Crippen molar-refractivity contribution in [3.05, 3.63) is 35.4 Å². The molecular formula is C14H23NO2. The zero-order chi connectivity index (χ0) is 12.7. The average molecular weight is 237 g/mol. The molecule has 0 spiro atoms. The summed E-state index contributed by atoms with van der Waals surface area (Å²) in [5, 5.41) is 18.1.